The summed E-state index contributed by atoms with van der Waals surface area (Å²) in [6, 6.07) is 106. The number of aryl methyl sites for hydroxylation is 3. The first-order valence-corrected chi connectivity index (χ1v) is 34.4. The van der Waals surface area contributed by atoms with Crippen molar-refractivity contribution in [2.75, 3.05) is 27.8 Å². The van der Waals surface area contributed by atoms with Crippen LogP contribution in [0, 0.1) is 0 Å². The van der Waals surface area contributed by atoms with Crippen molar-refractivity contribution in [1.29, 1.82) is 0 Å². The summed E-state index contributed by atoms with van der Waals surface area (Å²) in [5, 5.41) is 7.76. The maximum absolute atomic E-state index is 2.70. The fourth-order valence-corrected chi connectivity index (χ4v) is 19.0. The highest BCUT2D eigenvalue weighted by Crippen LogP contribution is 2.49. The van der Waals surface area contributed by atoms with Crippen LogP contribution < -0.4 is 47.5 Å². The van der Waals surface area contributed by atoms with Crippen LogP contribution in [-0.4, -0.2) is 40.2 Å². The van der Waals surface area contributed by atoms with Crippen LogP contribution in [0.1, 0.15) is 53.0 Å². The molecular formula is C87H62B2N6. The zero-order valence-electron chi connectivity index (χ0n) is 52.6. The Morgan fingerprint density at radius 2 is 0.800 bits per heavy atom. The number of rotatable bonds is 5. The largest absolute Gasteiger partial charge is 0.341 e. The van der Waals surface area contributed by atoms with E-state index in [-0.39, 0.29) is 19.3 Å². The van der Waals surface area contributed by atoms with Crippen molar-refractivity contribution in [3.05, 3.63) is 301 Å². The number of hydrogen-bond acceptors (Lipinski definition) is 3. The van der Waals surface area contributed by atoms with E-state index in [9.17, 15) is 0 Å². The molecule has 0 saturated carbocycles. The van der Waals surface area contributed by atoms with E-state index in [1.807, 2.05) is 0 Å². The summed E-state index contributed by atoms with van der Waals surface area (Å²) in [7, 11) is 0. The van der Waals surface area contributed by atoms with E-state index in [0.29, 0.717) is 0 Å². The van der Waals surface area contributed by atoms with Crippen LogP contribution in [0.5, 0.6) is 0 Å². The van der Waals surface area contributed by atoms with Gasteiger partial charge in [0.2, 0.25) is 6.71 Å². The Hall–Kier alpha value is -11.2. The predicted molar refractivity (Wildman–Crippen MR) is 400 cm³/mol. The van der Waals surface area contributed by atoms with Crippen molar-refractivity contribution in [2.45, 2.75) is 44.4 Å². The molecule has 0 bridgehead atoms. The molecule has 0 saturated heterocycles. The highest BCUT2D eigenvalue weighted by Gasteiger charge is 2.45. The van der Waals surface area contributed by atoms with Gasteiger partial charge in [-0.25, -0.2) is 0 Å². The van der Waals surface area contributed by atoms with Crippen LogP contribution in [0.15, 0.2) is 273 Å². The van der Waals surface area contributed by atoms with Gasteiger partial charge >= 0.3 is 0 Å². The lowest BCUT2D eigenvalue weighted by molar-refractivity contribution is 0.716. The minimum absolute atomic E-state index is 0.0520. The van der Waals surface area contributed by atoms with Gasteiger partial charge < -0.3 is 28.4 Å². The molecule has 0 N–H and O–H groups in total. The van der Waals surface area contributed by atoms with Crippen LogP contribution in [0.4, 0.5) is 39.8 Å². The van der Waals surface area contributed by atoms with Crippen LogP contribution in [0.3, 0.4) is 0 Å². The van der Waals surface area contributed by atoms with E-state index in [1.165, 1.54) is 172 Å². The highest BCUT2D eigenvalue weighted by atomic mass is 15.2. The molecule has 6 aliphatic rings. The molecule has 3 aromatic heterocycles. The number of para-hydroxylation sites is 8. The number of benzene rings is 13. The normalized spacial score (nSPS) is 15.7. The number of hydrogen-bond donors (Lipinski definition) is 0. The van der Waals surface area contributed by atoms with Crippen molar-refractivity contribution in [3.63, 3.8) is 0 Å². The number of fused-ring (bicyclic) bond motifs is 19. The third-order valence-corrected chi connectivity index (χ3v) is 22.9. The molecule has 8 heteroatoms. The molecular weight excluding hydrogens is 1150 g/mol. The second-order valence-electron chi connectivity index (χ2n) is 27.5. The van der Waals surface area contributed by atoms with E-state index in [1.54, 1.807) is 0 Å². The second kappa shape index (κ2) is 19.7. The lowest BCUT2D eigenvalue weighted by Crippen LogP contribution is -2.60. The lowest BCUT2D eigenvalue weighted by Gasteiger charge is -2.42. The molecule has 22 rings (SSSR count). The van der Waals surface area contributed by atoms with Gasteiger partial charge in [-0.15, -0.1) is 0 Å². The van der Waals surface area contributed by atoms with Crippen LogP contribution in [-0.2, 0) is 19.3 Å². The van der Waals surface area contributed by atoms with E-state index >= 15 is 0 Å². The smallest absolute Gasteiger partial charge is 0.252 e. The van der Waals surface area contributed by atoms with E-state index in [0.717, 1.165) is 63.0 Å². The van der Waals surface area contributed by atoms with Crippen molar-refractivity contribution in [1.82, 2.24) is 13.7 Å². The van der Waals surface area contributed by atoms with Gasteiger partial charge in [0, 0.05) is 119 Å². The maximum Gasteiger partial charge on any atom is 0.252 e. The number of nitrogens with zero attached hydrogens (tertiary/aromatic N) is 6. The van der Waals surface area contributed by atoms with Gasteiger partial charge in [0.1, 0.15) is 0 Å². The first-order chi connectivity index (χ1) is 47.2. The van der Waals surface area contributed by atoms with Gasteiger partial charge in [0.05, 0.1) is 22.1 Å². The molecule has 1 atom stereocenters. The molecule has 6 nitrogen and oxygen atoms in total. The first kappa shape index (κ1) is 52.3. The molecule has 0 amide bonds. The van der Waals surface area contributed by atoms with Crippen molar-refractivity contribution in [2.24, 2.45) is 0 Å². The van der Waals surface area contributed by atoms with Gasteiger partial charge in [-0.2, -0.15) is 0 Å². The highest BCUT2D eigenvalue weighted by molar-refractivity contribution is 7.01. The second-order valence-corrected chi connectivity index (χ2v) is 27.5. The molecule has 0 fully saturated rings. The third-order valence-electron chi connectivity index (χ3n) is 22.9. The van der Waals surface area contributed by atoms with Gasteiger partial charge in [-0.1, -0.05) is 199 Å². The Kier molecular flexibility index (Phi) is 10.8. The molecule has 95 heavy (non-hydrogen) atoms. The van der Waals surface area contributed by atoms with Crippen molar-refractivity contribution >= 4 is 151 Å². The average molecular weight is 1210 g/mol. The summed E-state index contributed by atoms with van der Waals surface area (Å²) >= 11 is 0. The van der Waals surface area contributed by atoms with E-state index in [2.05, 4.69) is 301 Å². The van der Waals surface area contributed by atoms with Crippen LogP contribution in [0.25, 0.3) is 82.5 Å². The Morgan fingerprint density at radius 3 is 1.44 bits per heavy atom. The SMILES string of the molecule is c1ccc(C2CCc3cc4c(cc3B3c5c2cc(N2CCCc6ccccc62)cc5-n2c5ccccc5c5cccc3c52)c2cc3c(cc2n4-c2ccccc2)N(c2ccccc2)c2cc(N4CCCc5ccccc54)cc4c2B3c2cccc3c5ccccc5n-4c23)cc1. The summed E-state index contributed by atoms with van der Waals surface area (Å²) in [6.07, 6.45) is 6.28. The Morgan fingerprint density at radius 1 is 0.295 bits per heavy atom. The van der Waals surface area contributed by atoms with Gasteiger partial charge in [0.25, 0.3) is 6.71 Å². The summed E-state index contributed by atoms with van der Waals surface area (Å²) in [5.41, 5.74) is 35.4. The molecule has 0 aliphatic carbocycles. The maximum atomic E-state index is 2.70. The van der Waals surface area contributed by atoms with E-state index < -0.39 is 0 Å². The summed E-state index contributed by atoms with van der Waals surface area (Å²) in [6.45, 7) is 1.82. The molecule has 0 radical (unpaired) electrons. The van der Waals surface area contributed by atoms with E-state index in [4.69, 9.17) is 0 Å². The minimum Gasteiger partial charge on any atom is -0.341 e. The zero-order chi connectivity index (χ0) is 61.7. The molecule has 1 unspecified atom stereocenters. The molecule has 446 valence electrons. The number of aromatic nitrogens is 3. The first-order valence-electron chi connectivity index (χ1n) is 34.4. The van der Waals surface area contributed by atoms with Crippen LogP contribution >= 0.6 is 0 Å². The number of anilines is 7. The fourth-order valence-electron chi connectivity index (χ4n) is 19.0. The lowest BCUT2D eigenvalue weighted by atomic mass is 9.33. The molecule has 13 aromatic carbocycles. The molecule has 9 heterocycles. The van der Waals surface area contributed by atoms with Gasteiger partial charge in [-0.05, 0) is 173 Å². The van der Waals surface area contributed by atoms with Crippen molar-refractivity contribution in [3.8, 4) is 17.1 Å². The average Bonchev–Trinajstić information content (AvgIpc) is 1.64. The Bertz CT molecular complexity index is 5980. The monoisotopic (exact) mass is 1210 g/mol. The Labute approximate surface area is 551 Å². The van der Waals surface area contributed by atoms with Crippen molar-refractivity contribution < 1.29 is 0 Å². The Balaban J connectivity index is 0.854. The fraction of sp³-hybridized carbons (Fsp3) is 0.103. The van der Waals surface area contributed by atoms with Gasteiger partial charge in [-0.3, -0.25) is 0 Å². The minimum atomic E-state index is -0.0645. The topological polar surface area (TPSA) is 24.5 Å². The summed E-state index contributed by atoms with van der Waals surface area (Å²) in [4.78, 5) is 7.89. The molecule has 0 spiro atoms. The zero-order valence-corrected chi connectivity index (χ0v) is 52.6. The summed E-state index contributed by atoms with van der Waals surface area (Å²) in [5.74, 6) is 0.143. The summed E-state index contributed by atoms with van der Waals surface area (Å²) < 4.78 is 7.92. The van der Waals surface area contributed by atoms with Crippen LogP contribution in [0.2, 0.25) is 0 Å². The molecule has 6 aliphatic heterocycles. The standard InChI is InChI=1S/C87H62B2N6/c1-4-22-54(23-5-1)62-43-42-57-46-78-67(51-72(57)88-70-36-18-34-65-63-32-12-16-40-76(63)94(86(65)70)81-48-60(47-69(62)84(81)88)90-44-20-26-55-24-10-14-38-74(55)90)68-52-73-80(53-79(68)92(78)58-28-6-2-7-29-58)93(59-30-8-3-9-31-59)82-49-61(91-45-21-27-56-25-11-15-39-75(56)91)50-83-85(82)89(73)71-37-19-35-66-64-33-13-17-41-77(64)95(83)87(66)71/h1-19,22-25,28-41,46-53,62H,20-21,26-27,42-45H2. The molecule has 16 aromatic rings. The third kappa shape index (κ3) is 7.21. The van der Waals surface area contributed by atoms with Gasteiger partial charge in [0.15, 0.2) is 0 Å². The quantitative estimate of drug-likeness (QED) is 0.161. The predicted octanol–water partition coefficient (Wildman–Crippen LogP) is 16.7.